The summed E-state index contributed by atoms with van der Waals surface area (Å²) in [6.45, 7) is 0.656. The fraction of sp³-hybridized carbons (Fsp3) is 0.500. The van der Waals surface area contributed by atoms with Gasteiger partial charge in [0, 0.05) is 7.11 Å². The van der Waals surface area contributed by atoms with E-state index in [2.05, 4.69) is 10.3 Å². The molecule has 0 saturated heterocycles. The van der Waals surface area contributed by atoms with Crippen molar-refractivity contribution in [2.75, 3.05) is 13.8 Å². The Hall–Kier alpha value is -0.410. The maximum atomic E-state index is 4.77. The molecular formula is C4H7N2O. The summed E-state index contributed by atoms with van der Waals surface area (Å²) in [4.78, 5) is 3.84. The molecule has 0 fully saturated rings. The van der Waals surface area contributed by atoms with Crippen LogP contribution in [0.2, 0.25) is 0 Å². The van der Waals surface area contributed by atoms with Gasteiger partial charge in [0.25, 0.3) is 0 Å². The van der Waals surface area contributed by atoms with Crippen LogP contribution in [0.25, 0.3) is 0 Å². The van der Waals surface area contributed by atoms with Gasteiger partial charge in [-0.3, -0.25) is 10.3 Å². The molecule has 3 heteroatoms. The van der Waals surface area contributed by atoms with E-state index in [1.807, 2.05) is 0 Å². The average molecular weight is 99.1 g/mol. The fourth-order valence-electron chi connectivity index (χ4n) is 0.423. The minimum Gasteiger partial charge on any atom is -0.354 e. The normalized spacial score (nSPS) is 21.3. The number of methoxy groups -OCH3 is 1. The van der Waals surface area contributed by atoms with Gasteiger partial charge < -0.3 is 4.74 Å². The van der Waals surface area contributed by atoms with E-state index in [1.54, 1.807) is 13.3 Å². The largest absolute Gasteiger partial charge is 0.354 e. The highest BCUT2D eigenvalue weighted by Gasteiger charge is 2.06. The van der Waals surface area contributed by atoms with Crippen molar-refractivity contribution in [2.45, 2.75) is 0 Å². The number of nitrogens with one attached hydrogen (secondary N) is 1. The third kappa shape index (κ3) is 0.976. The molecule has 3 nitrogen and oxygen atoms in total. The zero-order chi connectivity index (χ0) is 5.11. The van der Waals surface area contributed by atoms with Crippen molar-refractivity contribution < 1.29 is 4.74 Å². The zero-order valence-electron chi connectivity index (χ0n) is 4.14. The lowest BCUT2D eigenvalue weighted by molar-refractivity contribution is 0.226. The number of hydrogen-bond donors (Lipinski definition) is 1. The summed E-state index contributed by atoms with van der Waals surface area (Å²) < 4.78 is 4.77. The predicted molar refractivity (Wildman–Crippen MR) is 26.7 cm³/mol. The van der Waals surface area contributed by atoms with E-state index in [0.29, 0.717) is 6.67 Å². The van der Waals surface area contributed by atoms with E-state index in [-0.39, 0.29) is 0 Å². The van der Waals surface area contributed by atoms with Gasteiger partial charge in [-0.05, 0) is 0 Å². The highest BCUT2D eigenvalue weighted by atomic mass is 16.5. The van der Waals surface area contributed by atoms with Crippen molar-refractivity contribution in [1.29, 1.82) is 0 Å². The molecule has 1 heterocycles. The van der Waals surface area contributed by atoms with Gasteiger partial charge in [0.15, 0.2) is 0 Å². The van der Waals surface area contributed by atoms with Gasteiger partial charge in [0.05, 0.1) is 12.9 Å². The van der Waals surface area contributed by atoms with Crippen LogP contribution in [0.5, 0.6) is 0 Å². The SMILES string of the molecule is CO[C]1C=NCN1. The van der Waals surface area contributed by atoms with Crippen LogP contribution < -0.4 is 5.32 Å². The molecule has 1 rings (SSSR count). The quantitative estimate of drug-likeness (QED) is 0.492. The van der Waals surface area contributed by atoms with Gasteiger partial charge in [-0.2, -0.15) is 0 Å². The molecule has 0 amide bonds. The second-order valence-corrected chi connectivity index (χ2v) is 1.21. The number of ether oxygens (including phenoxy) is 1. The van der Waals surface area contributed by atoms with Gasteiger partial charge in [-0.25, -0.2) is 0 Å². The third-order valence-electron chi connectivity index (χ3n) is 0.773. The molecule has 1 aliphatic rings. The van der Waals surface area contributed by atoms with Crippen LogP contribution in [0.4, 0.5) is 0 Å². The van der Waals surface area contributed by atoms with Crippen LogP contribution in [0.1, 0.15) is 0 Å². The van der Waals surface area contributed by atoms with E-state index in [4.69, 9.17) is 4.74 Å². The van der Waals surface area contributed by atoms with E-state index in [9.17, 15) is 0 Å². The van der Waals surface area contributed by atoms with Crippen LogP contribution in [-0.2, 0) is 4.74 Å². The van der Waals surface area contributed by atoms with E-state index < -0.39 is 0 Å². The molecule has 0 bridgehead atoms. The molecule has 0 unspecified atom stereocenters. The number of hydrogen-bond acceptors (Lipinski definition) is 3. The van der Waals surface area contributed by atoms with Gasteiger partial charge in [-0.1, -0.05) is 0 Å². The zero-order valence-corrected chi connectivity index (χ0v) is 4.14. The number of nitrogens with zero attached hydrogens (tertiary/aromatic N) is 1. The van der Waals surface area contributed by atoms with E-state index >= 15 is 0 Å². The molecule has 1 radical (unpaired) electrons. The summed E-state index contributed by atoms with van der Waals surface area (Å²) in [6.07, 6.45) is 2.42. The standard InChI is InChI=1S/C4H7N2O/c1-7-4-2-5-3-6-4/h2,6H,3H2,1H3. The van der Waals surface area contributed by atoms with Crippen LogP contribution in [-0.4, -0.2) is 20.0 Å². The first-order chi connectivity index (χ1) is 3.43. The lowest BCUT2D eigenvalue weighted by Crippen LogP contribution is -2.16. The van der Waals surface area contributed by atoms with E-state index in [0.717, 1.165) is 6.23 Å². The van der Waals surface area contributed by atoms with Gasteiger partial charge >= 0.3 is 0 Å². The van der Waals surface area contributed by atoms with Crippen molar-refractivity contribution in [2.24, 2.45) is 4.99 Å². The van der Waals surface area contributed by atoms with Crippen LogP contribution >= 0.6 is 0 Å². The van der Waals surface area contributed by atoms with Crippen molar-refractivity contribution in [3.63, 3.8) is 0 Å². The number of aliphatic imine (C=N–C) groups is 1. The molecule has 0 aromatic carbocycles. The van der Waals surface area contributed by atoms with Crippen molar-refractivity contribution in [3.8, 4) is 0 Å². The Morgan fingerprint density at radius 1 is 2.00 bits per heavy atom. The molecular weight excluding hydrogens is 92.1 g/mol. The smallest absolute Gasteiger partial charge is 0.204 e. The summed E-state index contributed by atoms with van der Waals surface area (Å²) >= 11 is 0. The van der Waals surface area contributed by atoms with Crippen LogP contribution in [0.3, 0.4) is 0 Å². The summed E-state index contributed by atoms with van der Waals surface area (Å²) in [6, 6.07) is 0. The minimum absolute atomic E-state index is 0.656. The third-order valence-corrected chi connectivity index (χ3v) is 0.773. The Bertz CT molecular complexity index is 81.8. The summed E-state index contributed by atoms with van der Waals surface area (Å²) in [5.74, 6) is 0. The lowest BCUT2D eigenvalue weighted by Gasteiger charge is -1.98. The van der Waals surface area contributed by atoms with Crippen LogP contribution in [0.15, 0.2) is 4.99 Å². The molecule has 1 aliphatic heterocycles. The second kappa shape index (κ2) is 2.04. The van der Waals surface area contributed by atoms with Gasteiger partial charge in [0.1, 0.15) is 0 Å². The first-order valence-corrected chi connectivity index (χ1v) is 2.08. The maximum Gasteiger partial charge on any atom is 0.204 e. The summed E-state index contributed by atoms with van der Waals surface area (Å²) in [7, 11) is 1.61. The Morgan fingerprint density at radius 3 is 3.14 bits per heavy atom. The Balaban J connectivity index is 2.28. The molecule has 0 atom stereocenters. The first kappa shape index (κ1) is 4.74. The Kier molecular flexibility index (Phi) is 1.38. The van der Waals surface area contributed by atoms with E-state index in [1.165, 1.54) is 0 Å². The maximum absolute atomic E-state index is 4.77. The molecule has 1 N–H and O–H groups in total. The second-order valence-electron chi connectivity index (χ2n) is 1.21. The predicted octanol–water partition coefficient (Wildman–Crippen LogP) is -0.246. The van der Waals surface area contributed by atoms with Crippen LogP contribution in [0, 0.1) is 6.23 Å². The van der Waals surface area contributed by atoms with Crippen molar-refractivity contribution in [3.05, 3.63) is 6.23 Å². The number of rotatable bonds is 1. The minimum atomic E-state index is 0.656. The fourth-order valence-corrected chi connectivity index (χ4v) is 0.423. The Morgan fingerprint density at radius 2 is 2.86 bits per heavy atom. The lowest BCUT2D eigenvalue weighted by atomic mass is 10.7. The van der Waals surface area contributed by atoms with Gasteiger partial charge in [-0.15, -0.1) is 0 Å². The molecule has 7 heavy (non-hydrogen) atoms. The topological polar surface area (TPSA) is 33.6 Å². The highest BCUT2D eigenvalue weighted by molar-refractivity contribution is 5.72. The first-order valence-electron chi connectivity index (χ1n) is 2.08. The molecule has 0 aliphatic carbocycles. The molecule has 39 valence electrons. The average Bonchev–Trinajstić information content (AvgIpc) is 2.14. The van der Waals surface area contributed by atoms with Crippen molar-refractivity contribution in [1.82, 2.24) is 5.32 Å². The molecule has 0 saturated carbocycles. The molecule has 0 aromatic heterocycles. The molecule has 0 aromatic rings. The summed E-state index contributed by atoms with van der Waals surface area (Å²) in [5, 5.41) is 2.88. The Labute approximate surface area is 42.4 Å². The molecule has 0 spiro atoms. The monoisotopic (exact) mass is 99.1 g/mol. The highest BCUT2D eigenvalue weighted by Crippen LogP contribution is 1.94. The summed E-state index contributed by atoms with van der Waals surface area (Å²) in [5.41, 5.74) is 0. The van der Waals surface area contributed by atoms with Crippen molar-refractivity contribution >= 4 is 6.21 Å². The van der Waals surface area contributed by atoms with Gasteiger partial charge in [0.2, 0.25) is 6.23 Å².